The molecule has 0 spiro atoms. The molecule has 0 radical (unpaired) electrons. The van der Waals surface area contributed by atoms with E-state index in [1.807, 2.05) is 13.1 Å². The summed E-state index contributed by atoms with van der Waals surface area (Å²) in [6.07, 6.45) is 3.47. The average molecular weight is 227 g/mol. The Bertz CT molecular complexity index is 291. The molecule has 0 amide bonds. The van der Waals surface area contributed by atoms with Crippen LogP contribution in [0.2, 0.25) is 0 Å². The van der Waals surface area contributed by atoms with Crippen LogP contribution in [0, 0.1) is 5.82 Å². The molecule has 3 heteroatoms. The molecule has 0 heterocycles. The normalized spacial score (nSPS) is 10.3. The molecule has 0 unspecified atom stereocenters. The van der Waals surface area contributed by atoms with E-state index in [0.717, 1.165) is 30.8 Å². The van der Waals surface area contributed by atoms with Crippen LogP contribution in [0.15, 0.2) is 24.3 Å². The number of nitrogens with zero attached hydrogens (tertiary/aromatic N) is 1. The Kier molecular flexibility index (Phi) is 5.54. The predicted molar refractivity (Wildman–Crippen MR) is 67.4 cm³/mol. The minimum atomic E-state index is -0.172. The van der Waals surface area contributed by atoms with E-state index in [-0.39, 0.29) is 5.82 Å². The van der Waals surface area contributed by atoms with Crippen molar-refractivity contribution in [1.29, 1.82) is 0 Å². The number of benzene rings is 1. The maximum Gasteiger partial charge on any atom is 0.125 e. The summed E-state index contributed by atoms with van der Waals surface area (Å²) in [5.74, 6) is 0.777. The van der Waals surface area contributed by atoms with Crippen molar-refractivity contribution in [2.24, 2.45) is 0 Å². The third-order valence-corrected chi connectivity index (χ3v) is 2.72. The van der Waals surface area contributed by atoms with Gasteiger partial charge < -0.3 is 4.90 Å². The van der Waals surface area contributed by atoms with Crippen molar-refractivity contribution < 1.29 is 4.39 Å². The number of rotatable bonds is 6. The van der Waals surface area contributed by atoms with E-state index in [0.29, 0.717) is 0 Å². The first-order valence-electron chi connectivity index (χ1n) is 5.31. The summed E-state index contributed by atoms with van der Waals surface area (Å²) >= 11 is 4.17. The molecule has 1 aromatic carbocycles. The van der Waals surface area contributed by atoms with E-state index in [9.17, 15) is 4.39 Å². The number of thiol groups is 1. The third-order valence-electron chi connectivity index (χ3n) is 2.40. The number of anilines is 1. The van der Waals surface area contributed by atoms with E-state index in [1.54, 1.807) is 12.1 Å². The first kappa shape index (κ1) is 12.4. The summed E-state index contributed by atoms with van der Waals surface area (Å²) in [6, 6.07) is 6.72. The highest BCUT2D eigenvalue weighted by molar-refractivity contribution is 7.80. The van der Waals surface area contributed by atoms with Gasteiger partial charge in [0.05, 0.1) is 0 Å². The standard InChI is InChI=1S/C12H18FNS/c1-14(8-3-2-4-9-15)12-7-5-6-11(13)10-12/h5-7,10,15H,2-4,8-9H2,1H3. The van der Waals surface area contributed by atoms with Crippen LogP contribution in [-0.4, -0.2) is 19.3 Å². The number of unbranched alkanes of at least 4 members (excludes halogenated alkanes) is 2. The number of hydrogen-bond acceptors (Lipinski definition) is 2. The Hall–Kier alpha value is -0.700. The summed E-state index contributed by atoms with van der Waals surface area (Å²) in [5.41, 5.74) is 0.945. The van der Waals surface area contributed by atoms with Crippen LogP contribution >= 0.6 is 12.6 Å². The second-order valence-corrected chi connectivity index (χ2v) is 4.13. The van der Waals surface area contributed by atoms with Crippen molar-refractivity contribution in [2.45, 2.75) is 19.3 Å². The molecule has 1 aromatic rings. The minimum Gasteiger partial charge on any atom is -0.375 e. The van der Waals surface area contributed by atoms with Gasteiger partial charge in [-0.25, -0.2) is 4.39 Å². The second-order valence-electron chi connectivity index (χ2n) is 3.69. The molecule has 0 aliphatic carbocycles. The monoisotopic (exact) mass is 227 g/mol. The van der Waals surface area contributed by atoms with Crippen LogP contribution < -0.4 is 4.90 Å². The van der Waals surface area contributed by atoms with Crippen molar-refractivity contribution in [2.75, 3.05) is 24.2 Å². The second kappa shape index (κ2) is 6.72. The topological polar surface area (TPSA) is 3.24 Å². The van der Waals surface area contributed by atoms with E-state index in [4.69, 9.17) is 0 Å². The highest BCUT2D eigenvalue weighted by atomic mass is 32.1. The maximum atomic E-state index is 12.9. The highest BCUT2D eigenvalue weighted by Gasteiger charge is 2.00. The largest absolute Gasteiger partial charge is 0.375 e. The molecule has 1 nitrogen and oxygen atoms in total. The SMILES string of the molecule is CN(CCCCCS)c1cccc(F)c1. The van der Waals surface area contributed by atoms with Gasteiger partial charge in [0.1, 0.15) is 5.82 Å². The molecule has 0 N–H and O–H groups in total. The van der Waals surface area contributed by atoms with Crippen molar-refractivity contribution in [3.05, 3.63) is 30.1 Å². The Balaban J connectivity index is 2.36. The van der Waals surface area contributed by atoms with Gasteiger partial charge in [-0.2, -0.15) is 12.6 Å². The van der Waals surface area contributed by atoms with Gasteiger partial charge in [-0.1, -0.05) is 12.5 Å². The van der Waals surface area contributed by atoms with Crippen molar-refractivity contribution in [1.82, 2.24) is 0 Å². The molecule has 0 fully saturated rings. The highest BCUT2D eigenvalue weighted by Crippen LogP contribution is 2.14. The zero-order valence-electron chi connectivity index (χ0n) is 9.12. The fourth-order valence-corrected chi connectivity index (χ4v) is 1.70. The lowest BCUT2D eigenvalue weighted by atomic mass is 10.2. The van der Waals surface area contributed by atoms with Gasteiger partial charge in [0.25, 0.3) is 0 Å². The lowest BCUT2D eigenvalue weighted by molar-refractivity contribution is 0.626. The molecular weight excluding hydrogens is 209 g/mol. The molecule has 1 rings (SSSR count). The van der Waals surface area contributed by atoms with Crippen molar-refractivity contribution >= 4 is 18.3 Å². The van der Waals surface area contributed by atoms with Crippen LogP contribution in [0.4, 0.5) is 10.1 Å². The van der Waals surface area contributed by atoms with Crippen LogP contribution in [0.5, 0.6) is 0 Å². The van der Waals surface area contributed by atoms with Gasteiger partial charge in [0, 0.05) is 19.3 Å². The molecule has 0 saturated carbocycles. The van der Waals surface area contributed by atoms with Gasteiger partial charge in [0.2, 0.25) is 0 Å². The van der Waals surface area contributed by atoms with Crippen LogP contribution in [0.25, 0.3) is 0 Å². The summed E-state index contributed by atoms with van der Waals surface area (Å²) in [7, 11) is 2.00. The Morgan fingerprint density at radius 3 is 2.73 bits per heavy atom. The van der Waals surface area contributed by atoms with Gasteiger partial charge in [-0.05, 0) is 36.8 Å². The van der Waals surface area contributed by atoms with Gasteiger partial charge in [-0.15, -0.1) is 0 Å². The first-order chi connectivity index (χ1) is 7.24. The quantitative estimate of drug-likeness (QED) is 0.576. The molecule has 0 aliphatic rings. The van der Waals surface area contributed by atoms with E-state index in [1.165, 1.54) is 12.5 Å². The summed E-state index contributed by atoms with van der Waals surface area (Å²) in [5, 5.41) is 0. The van der Waals surface area contributed by atoms with Crippen molar-refractivity contribution in [3.63, 3.8) is 0 Å². The molecule has 0 aromatic heterocycles. The van der Waals surface area contributed by atoms with Gasteiger partial charge in [0.15, 0.2) is 0 Å². The maximum absolute atomic E-state index is 12.9. The lowest BCUT2D eigenvalue weighted by Gasteiger charge is -2.19. The molecule has 84 valence electrons. The van der Waals surface area contributed by atoms with Gasteiger partial charge in [-0.3, -0.25) is 0 Å². The predicted octanol–water partition coefficient (Wildman–Crippen LogP) is 3.36. The Morgan fingerprint density at radius 2 is 2.07 bits per heavy atom. The Labute approximate surface area is 96.7 Å². The van der Waals surface area contributed by atoms with Crippen molar-refractivity contribution in [3.8, 4) is 0 Å². The summed E-state index contributed by atoms with van der Waals surface area (Å²) in [6.45, 7) is 0.969. The molecule has 15 heavy (non-hydrogen) atoms. The summed E-state index contributed by atoms with van der Waals surface area (Å²) in [4.78, 5) is 2.08. The number of halogens is 1. The molecule has 0 bridgehead atoms. The average Bonchev–Trinajstić information content (AvgIpc) is 2.24. The zero-order valence-corrected chi connectivity index (χ0v) is 10.0. The van der Waals surface area contributed by atoms with Gasteiger partial charge >= 0.3 is 0 Å². The van der Waals surface area contributed by atoms with Crippen LogP contribution in [0.1, 0.15) is 19.3 Å². The minimum absolute atomic E-state index is 0.172. The molecule has 0 saturated heterocycles. The Morgan fingerprint density at radius 1 is 1.27 bits per heavy atom. The molecule has 0 atom stereocenters. The number of hydrogen-bond donors (Lipinski definition) is 1. The van der Waals surface area contributed by atoms with Crippen LogP contribution in [0.3, 0.4) is 0 Å². The zero-order chi connectivity index (χ0) is 11.1. The smallest absolute Gasteiger partial charge is 0.125 e. The van der Waals surface area contributed by atoms with Crippen LogP contribution in [-0.2, 0) is 0 Å². The molecular formula is C12H18FNS. The first-order valence-corrected chi connectivity index (χ1v) is 5.95. The van der Waals surface area contributed by atoms with E-state index >= 15 is 0 Å². The molecule has 0 aliphatic heterocycles. The fourth-order valence-electron chi connectivity index (χ4n) is 1.48. The van der Waals surface area contributed by atoms with E-state index < -0.39 is 0 Å². The fraction of sp³-hybridized carbons (Fsp3) is 0.500. The summed E-state index contributed by atoms with van der Waals surface area (Å²) < 4.78 is 12.9. The lowest BCUT2D eigenvalue weighted by Crippen LogP contribution is -2.18. The van der Waals surface area contributed by atoms with E-state index in [2.05, 4.69) is 17.5 Å². The third kappa shape index (κ3) is 4.56.